The van der Waals surface area contributed by atoms with Crippen LogP contribution in [0, 0.1) is 5.82 Å². The summed E-state index contributed by atoms with van der Waals surface area (Å²) in [7, 11) is 0. The number of carbonyl (C=O) groups is 3. The Bertz CT molecular complexity index is 958. The van der Waals surface area contributed by atoms with E-state index in [2.05, 4.69) is 24.5 Å². The Hall–Kier alpha value is -3.22. The number of rotatable bonds is 7. The van der Waals surface area contributed by atoms with Crippen molar-refractivity contribution >= 4 is 17.8 Å². The van der Waals surface area contributed by atoms with Crippen LogP contribution in [-0.2, 0) is 21.5 Å². The van der Waals surface area contributed by atoms with Crippen LogP contribution in [0.5, 0.6) is 0 Å². The smallest absolute Gasteiger partial charge is 0.325 e. The molecule has 1 fully saturated rings. The van der Waals surface area contributed by atoms with E-state index in [1.54, 1.807) is 25.1 Å². The average molecular weight is 411 g/mol. The quantitative estimate of drug-likeness (QED) is 0.688. The van der Waals surface area contributed by atoms with Gasteiger partial charge in [-0.1, -0.05) is 56.3 Å². The lowest BCUT2D eigenvalue weighted by Gasteiger charge is -2.22. The molecule has 0 aromatic heterocycles. The van der Waals surface area contributed by atoms with E-state index in [0.717, 1.165) is 10.5 Å². The number of amides is 4. The maximum absolute atomic E-state index is 13.6. The Morgan fingerprint density at radius 2 is 1.80 bits per heavy atom. The lowest BCUT2D eigenvalue weighted by atomic mass is 9.90. The second-order valence-corrected chi connectivity index (χ2v) is 7.91. The summed E-state index contributed by atoms with van der Waals surface area (Å²) >= 11 is 0. The molecule has 0 saturated carbocycles. The Kier molecular flexibility index (Phi) is 6.20. The van der Waals surface area contributed by atoms with Gasteiger partial charge in [-0.15, -0.1) is 0 Å². The maximum atomic E-state index is 13.6. The summed E-state index contributed by atoms with van der Waals surface area (Å²) in [4.78, 5) is 38.5. The molecule has 3 rings (SSSR count). The van der Waals surface area contributed by atoms with E-state index in [-0.39, 0.29) is 18.9 Å². The van der Waals surface area contributed by atoms with Crippen LogP contribution in [0.15, 0.2) is 48.5 Å². The molecule has 1 heterocycles. The van der Waals surface area contributed by atoms with Gasteiger partial charge in [0.25, 0.3) is 5.91 Å². The van der Waals surface area contributed by atoms with Crippen molar-refractivity contribution in [2.75, 3.05) is 13.1 Å². The number of halogens is 1. The van der Waals surface area contributed by atoms with Crippen molar-refractivity contribution in [3.8, 4) is 0 Å². The molecule has 158 valence electrons. The third kappa shape index (κ3) is 4.35. The van der Waals surface area contributed by atoms with Gasteiger partial charge < -0.3 is 10.6 Å². The molecule has 1 aliphatic rings. The van der Waals surface area contributed by atoms with Gasteiger partial charge in [0, 0.05) is 6.54 Å². The van der Waals surface area contributed by atoms with Crippen LogP contribution in [0.1, 0.15) is 43.4 Å². The Balaban J connectivity index is 1.61. The highest BCUT2D eigenvalue weighted by Crippen LogP contribution is 2.29. The molecule has 0 unspecified atom stereocenters. The van der Waals surface area contributed by atoms with Gasteiger partial charge in [0.05, 0.1) is 0 Å². The minimum atomic E-state index is -1.22. The monoisotopic (exact) mass is 411 g/mol. The van der Waals surface area contributed by atoms with Gasteiger partial charge in [0.2, 0.25) is 5.91 Å². The number of hydrogen-bond acceptors (Lipinski definition) is 3. The Labute approximate surface area is 175 Å². The van der Waals surface area contributed by atoms with E-state index in [1.165, 1.54) is 6.07 Å². The summed E-state index contributed by atoms with van der Waals surface area (Å²) in [6.45, 7) is 5.60. The minimum absolute atomic E-state index is 0.206. The molecule has 30 heavy (non-hydrogen) atoms. The molecule has 0 bridgehead atoms. The molecule has 0 spiro atoms. The fourth-order valence-electron chi connectivity index (χ4n) is 3.47. The first-order chi connectivity index (χ1) is 14.2. The first kappa shape index (κ1) is 21.5. The van der Waals surface area contributed by atoms with E-state index in [0.29, 0.717) is 23.5 Å². The standard InChI is InChI=1S/C23H26FN3O3/c1-15(2)16-8-10-18(11-9-16)23(3)21(29)27(22(30)26-23)14-20(28)25-13-12-17-6-4-5-7-19(17)24/h4-11,15H,12-14H2,1-3H3,(H,25,28)(H,26,30)/t23-/m1/s1. The van der Waals surface area contributed by atoms with Gasteiger partial charge in [0.1, 0.15) is 17.9 Å². The first-order valence-corrected chi connectivity index (χ1v) is 9.97. The molecule has 6 nitrogen and oxygen atoms in total. The van der Waals surface area contributed by atoms with Crippen LogP contribution in [0.25, 0.3) is 0 Å². The topological polar surface area (TPSA) is 78.5 Å². The van der Waals surface area contributed by atoms with Gasteiger partial charge in [-0.05, 0) is 42.0 Å². The van der Waals surface area contributed by atoms with Crippen LogP contribution in [0.3, 0.4) is 0 Å². The maximum Gasteiger partial charge on any atom is 0.325 e. The van der Waals surface area contributed by atoms with Crippen LogP contribution in [-0.4, -0.2) is 35.8 Å². The van der Waals surface area contributed by atoms with Gasteiger partial charge in [0.15, 0.2) is 0 Å². The second kappa shape index (κ2) is 8.65. The molecule has 1 atom stereocenters. The Morgan fingerprint density at radius 1 is 1.13 bits per heavy atom. The van der Waals surface area contributed by atoms with E-state index in [4.69, 9.17) is 0 Å². The molecular formula is C23H26FN3O3. The molecule has 2 aromatic carbocycles. The molecule has 1 saturated heterocycles. The summed E-state index contributed by atoms with van der Waals surface area (Å²) in [5.74, 6) is -0.936. The summed E-state index contributed by atoms with van der Waals surface area (Å²) in [6, 6.07) is 13.2. The number of benzene rings is 2. The summed E-state index contributed by atoms with van der Waals surface area (Å²) in [6.07, 6.45) is 0.318. The number of urea groups is 1. The van der Waals surface area contributed by atoms with Crippen molar-refractivity contribution < 1.29 is 18.8 Å². The molecule has 7 heteroatoms. The van der Waals surface area contributed by atoms with Crippen LogP contribution < -0.4 is 10.6 Å². The van der Waals surface area contributed by atoms with E-state index in [1.807, 2.05) is 24.3 Å². The fourth-order valence-corrected chi connectivity index (χ4v) is 3.47. The molecule has 0 radical (unpaired) electrons. The highest BCUT2D eigenvalue weighted by atomic mass is 19.1. The largest absolute Gasteiger partial charge is 0.354 e. The normalized spacial score (nSPS) is 18.6. The van der Waals surface area contributed by atoms with Crippen molar-refractivity contribution in [2.24, 2.45) is 0 Å². The highest BCUT2D eigenvalue weighted by Gasteiger charge is 2.49. The van der Waals surface area contributed by atoms with E-state index >= 15 is 0 Å². The third-order valence-electron chi connectivity index (χ3n) is 5.41. The zero-order valence-corrected chi connectivity index (χ0v) is 17.4. The second-order valence-electron chi connectivity index (χ2n) is 7.91. The minimum Gasteiger partial charge on any atom is -0.354 e. The van der Waals surface area contributed by atoms with Crippen LogP contribution in [0.4, 0.5) is 9.18 Å². The summed E-state index contributed by atoms with van der Waals surface area (Å²) in [5, 5.41) is 5.33. The Morgan fingerprint density at radius 3 is 2.43 bits per heavy atom. The SMILES string of the molecule is CC(C)c1ccc([C@@]2(C)NC(=O)N(CC(=O)NCCc3ccccc3F)C2=O)cc1. The molecule has 2 N–H and O–H groups in total. The highest BCUT2D eigenvalue weighted by molar-refractivity contribution is 6.09. The number of hydrogen-bond donors (Lipinski definition) is 2. The molecule has 1 aliphatic heterocycles. The van der Waals surface area contributed by atoms with Gasteiger partial charge >= 0.3 is 6.03 Å². The molecule has 4 amide bonds. The van der Waals surface area contributed by atoms with E-state index in [9.17, 15) is 18.8 Å². The van der Waals surface area contributed by atoms with Gasteiger partial charge in [-0.3, -0.25) is 14.5 Å². The number of carbonyl (C=O) groups excluding carboxylic acids is 3. The third-order valence-corrected chi connectivity index (χ3v) is 5.41. The van der Waals surface area contributed by atoms with Crippen LogP contribution >= 0.6 is 0 Å². The summed E-state index contributed by atoms with van der Waals surface area (Å²) < 4.78 is 13.6. The molecular weight excluding hydrogens is 385 g/mol. The lowest BCUT2D eigenvalue weighted by Crippen LogP contribution is -2.43. The number of nitrogens with zero attached hydrogens (tertiary/aromatic N) is 1. The zero-order chi connectivity index (χ0) is 21.9. The first-order valence-electron chi connectivity index (χ1n) is 9.97. The van der Waals surface area contributed by atoms with Crippen molar-refractivity contribution in [2.45, 2.75) is 38.6 Å². The fraction of sp³-hybridized carbons (Fsp3) is 0.348. The van der Waals surface area contributed by atoms with Crippen molar-refractivity contribution in [1.82, 2.24) is 15.5 Å². The molecule has 0 aliphatic carbocycles. The summed E-state index contributed by atoms with van der Waals surface area (Å²) in [5.41, 5.74) is 1.06. The lowest BCUT2D eigenvalue weighted by molar-refractivity contribution is -0.134. The van der Waals surface area contributed by atoms with Crippen molar-refractivity contribution in [1.29, 1.82) is 0 Å². The van der Waals surface area contributed by atoms with Crippen molar-refractivity contribution in [3.05, 3.63) is 71.0 Å². The van der Waals surface area contributed by atoms with Crippen molar-refractivity contribution in [3.63, 3.8) is 0 Å². The van der Waals surface area contributed by atoms with E-state index < -0.39 is 23.4 Å². The van der Waals surface area contributed by atoms with Crippen LogP contribution in [0.2, 0.25) is 0 Å². The molecule has 2 aromatic rings. The number of imide groups is 1. The average Bonchev–Trinajstić information content (AvgIpc) is 2.93. The van der Waals surface area contributed by atoms with Gasteiger partial charge in [-0.25, -0.2) is 9.18 Å². The number of nitrogens with one attached hydrogen (secondary N) is 2. The predicted molar refractivity (Wildman–Crippen MR) is 111 cm³/mol. The predicted octanol–water partition coefficient (Wildman–Crippen LogP) is 3.08. The van der Waals surface area contributed by atoms with Gasteiger partial charge in [-0.2, -0.15) is 0 Å². The zero-order valence-electron chi connectivity index (χ0n) is 17.4.